The van der Waals surface area contributed by atoms with Gasteiger partial charge in [-0.25, -0.2) is 0 Å². The number of alkyl halides is 3. The Kier molecular flexibility index (Phi) is 3.55. The summed E-state index contributed by atoms with van der Waals surface area (Å²) in [6.07, 6.45) is -3.32. The molecule has 0 bridgehead atoms. The van der Waals surface area contributed by atoms with Crippen molar-refractivity contribution < 1.29 is 28.0 Å². The number of rotatable bonds is 3. The zero-order valence-electron chi connectivity index (χ0n) is 9.74. The summed E-state index contributed by atoms with van der Waals surface area (Å²) in [5.74, 6) is -0.660. The fraction of sp³-hybridized carbons (Fsp3) is 0.364. The lowest BCUT2D eigenvalue weighted by Crippen LogP contribution is -2.31. The SMILES string of the molecule is O=C(Nc1ccc(B(O)O)cc1C(F)(F)F)C1CC1. The van der Waals surface area contributed by atoms with E-state index in [1.807, 2.05) is 0 Å². The zero-order valence-corrected chi connectivity index (χ0v) is 9.74. The van der Waals surface area contributed by atoms with Gasteiger partial charge in [-0.05, 0) is 30.4 Å². The summed E-state index contributed by atoms with van der Waals surface area (Å²) >= 11 is 0. The van der Waals surface area contributed by atoms with Gasteiger partial charge in [0.05, 0.1) is 11.3 Å². The third kappa shape index (κ3) is 3.27. The minimum Gasteiger partial charge on any atom is -0.423 e. The monoisotopic (exact) mass is 273 g/mol. The number of benzene rings is 1. The van der Waals surface area contributed by atoms with Crippen LogP contribution in [0.4, 0.5) is 18.9 Å². The highest BCUT2D eigenvalue weighted by Gasteiger charge is 2.36. The van der Waals surface area contributed by atoms with E-state index in [1.54, 1.807) is 0 Å². The number of carbonyl (C=O) groups excluding carboxylic acids is 1. The van der Waals surface area contributed by atoms with E-state index in [4.69, 9.17) is 10.0 Å². The maximum absolute atomic E-state index is 12.8. The molecule has 1 fully saturated rings. The summed E-state index contributed by atoms with van der Waals surface area (Å²) in [7, 11) is -1.99. The van der Waals surface area contributed by atoms with Crippen molar-refractivity contribution in [3.05, 3.63) is 23.8 Å². The predicted molar refractivity (Wildman–Crippen MR) is 62.6 cm³/mol. The lowest BCUT2D eigenvalue weighted by molar-refractivity contribution is -0.136. The van der Waals surface area contributed by atoms with Gasteiger partial charge in [0.1, 0.15) is 0 Å². The summed E-state index contributed by atoms with van der Waals surface area (Å²) in [5.41, 5.74) is -1.74. The molecule has 102 valence electrons. The van der Waals surface area contributed by atoms with Crippen molar-refractivity contribution in [1.29, 1.82) is 0 Å². The van der Waals surface area contributed by atoms with E-state index in [9.17, 15) is 18.0 Å². The van der Waals surface area contributed by atoms with E-state index in [0.29, 0.717) is 18.9 Å². The molecule has 8 heteroatoms. The molecule has 0 unspecified atom stereocenters. The third-order valence-corrected chi connectivity index (χ3v) is 2.85. The molecule has 1 aromatic carbocycles. The van der Waals surface area contributed by atoms with Crippen LogP contribution >= 0.6 is 0 Å². The third-order valence-electron chi connectivity index (χ3n) is 2.85. The van der Waals surface area contributed by atoms with Gasteiger partial charge in [-0.3, -0.25) is 4.79 Å². The van der Waals surface area contributed by atoms with E-state index in [-0.39, 0.29) is 17.1 Å². The van der Waals surface area contributed by atoms with Crippen LogP contribution in [0.25, 0.3) is 0 Å². The normalized spacial score (nSPS) is 15.2. The Bertz CT molecular complexity index is 500. The molecule has 1 aliphatic rings. The van der Waals surface area contributed by atoms with Crippen LogP contribution in [0, 0.1) is 5.92 Å². The lowest BCUT2D eigenvalue weighted by atomic mass is 9.79. The Balaban J connectivity index is 2.33. The average Bonchev–Trinajstić information content (AvgIpc) is 3.11. The lowest BCUT2D eigenvalue weighted by Gasteiger charge is -2.15. The van der Waals surface area contributed by atoms with Crippen molar-refractivity contribution in [3.63, 3.8) is 0 Å². The first-order chi connectivity index (χ1) is 8.79. The molecule has 4 nitrogen and oxygen atoms in total. The van der Waals surface area contributed by atoms with E-state index in [0.717, 1.165) is 12.1 Å². The fourth-order valence-electron chi connectivity index (χ4n) is 1.65. The predicted octanol–water partition coefficient (Wildman–Crippen LogP) is 0.734. The van der Waals surface area contributed by atoms with Crippen LogP contribution in [0.15, 0.2) is 18.2 Å². The molecule has 0 aliphatic heterocycles. The topological polar surface area (TPSA) is 69.6 Å². The number of halogens is 3. The van der Waals surface area contributed by atoms with Crippen LogP contribution in [0.1, 0.15) is 18.4 Å². The molecule has 1 aromatic rings. The van der Waals surface area contributed by atoms with Crippen LogP contribution in [-0.2, 0) is 11.0 Å². The summed E-state index contributed by atoms with van der Waals surface area (Å²) in [4.78, 5) is 11.5. The number of carbonyl (C=O) groups is 1. The van der Waals surface area contributed by atoms with E-state index >= 15 is 0 Å². The van der Waals surface area contributed by atoms with E-state index in [2.05, 4.69) is 5.32 Å². The van der Waals surface area contributed by atoms with Crippen LogP contribution in [0.5, 0.6) is 0 Å². The van der Waals surface area contributed by atoms with Gasteiger partial charge in [-0.15, -0.1) is 0 Å². The Hall–Kier alpha value is -1.54. The number of hydrogen-bond donors (Lipinski definition) is 3. The fourth-order valence-corrected chi connectivity index (χ4v) is 1.65. The van der Waals surface area contributed by atoms with Gasteiger partial charge < -0.3 is 15.4 Å². The largest absolute Gasteiger partial charge is 0.488 e. The van der Waals surface area contributed by atoms with Gasteiger partial charge in [-0.1, -0.05) is 6.07 Å². The van der Waals surface area contributed by atoms with Gasteiger partial charge in [0.2, 0.25) is 5.91 Å². The number of amides is 1. The molecule has 3 N–H and O–H groups in total. The van der Waals surface area contributed by atoms with Crippen molar-refractivity contribution in [2.45, 2.75) is 19.0 Å². The van der Waals surface area contributed by atoms with Gasteiger partial charge >= 0.3 is 13.3 Å². The van der Waals surface area contributed by atoms with Crippen LogP contribution in [0.2, 0.25) is 0 Å². The maximum Gasteiger partial charge on any atom is 0.488 e. The Morgan fingerprint density at radius 1 is 1.32 bits per heavy atom. The highest BCUT2D eigenvalue weighted by molar-refractivity contribution is 6.58. The van der Waals surface area contributed by atoms with Crippen LogP contribution < -0.4 is 10.8 Å². The van der Waals surface area contributed by atoms with Crippen molar-refractivity contribution >= 4 is 24.2 Å². The molecule has 1 aliphatic carbocycles. The zero-order chi connectivity index (χ0) is 14.2. The molecule has 0 saturated heterocycles. The number of hydrogen-bond acceptors (Lipinski definition) is 3. The van der Waals surface area contributed by atoms with E-state index < -0.39 is 24.8 Å². The molecule has 19 heavy (non-hydrogen) atoms. The highest BCUT2D eigenvalue weighted by Crippen LogP contribution is 2.36. The van der Waals surface area contributed by atoms with Crippen molar-refractivity contribution in [2.75, 3.05) is 5.32 Å². The summed E-state index contributed by atoms with van der Waals surface area (Å²) in [6, 6.07) is 2.77. The Morgan fingerprint density at radius 2 is 1.95 bits per heavy atom. The molecule has 1 amide bonds. The van der Waals surface area contributed by atoms with Gasteiger partial charge in [0.15, 0.2) is 0 Å². The quantitative estimate of drug-likeness (QED) is 0.711. The molecule has 0 aromatic heterocycles. The minimum atomic E-state index is -4.68. The van der Waals surface area contributed by atoms with Gasteiger partial charge in [0.25, 0.3) is 0 Å². The van der Waals surface area contributed by atoms with Crippen LogP contribution in [-0.4, -0.2) is 23.1 Å². The second-order valence-corrected chi connectivity index (χ2v) is 4.44. The summed E-state index contributed by atoms with van der Waals surface area (Å²) in [6.45, 7) is 0. The van der Waals surface area contributed by atoms with Gasteiger partial charge in [-0.2, -0.15) is 13.2 Å². The molecular weight excluding hydrogens is 262 g/mol. The molecule has 0 heterocycles. The van der Waals surface area contributed by atoms with Crippen LogP contribution in [0.3, 0.4) is 0 Å². The first kappa shape index (κ1) is 13.9. The molecule has 2 rings (SSSR count). The average molecular weight is 273 g/mol. The van der Waals surface area contributed by atoms with Crippen molar-refractivity contribution in [1.82, 2.24) is 0 Å². The van der Waals surface area contributed by atoms with Gasteiger partial charge in [0, 0.05) is 5.92 Å². The standard InChI is InChI=1S/C11H11BF3NO3/c13-11(14,15)8-5-7(12(18)19)3-4-9(8)16-10(17)6-1-2-6/h3-6,18-19H,1-2H2,(H,16,17). The minimum absolute atomic E-state index is 0.218. The molecule has 0 atom stereocenters. The molecule has 0 spiro atoms. The van der Waals surface area contributed by atoms with Crippen molar-refractivity contribution in [3.8, 4) is 0 Å². The first-order valence-electron chi connectivity index (χ1n) is 5.67. The number of anilines is 1. The van der Waals surface area contributed by atoms with Crippen molar-refractivity contribution in [2.24, 2.45) is 5.92 Å². The molecular formula is C11H11BF3NO3. The maximum atomic E-state index is 12.8. The summed E-state index contributed by atoms with van der Waals surface area (Å²) < 4.78 is 38.5. The smallest absolute Gasteiger partial charge is 0.423 e. The number of nitrogens with one attached hydrogen (secondary N) is 1. The molecule has 1 saturated carbocycles. The first-order valence-corrected chi connectivity index (χ1v) is 5.67. The Morgan fingerprint density at radius 3 is 2.42 bits per heavy atom. The second-order valence-electron chi connectivity index (χ2n) is 4.44. The Labute approximate surface area is 107 Å². The molecule has 0 radical (unpaired) electrons. The highest BCUT2D eigenvalue weighted by atomic mass is 19.4. The second kappa shape index (κ2) is 4.86. The summed E-state index contributed by atoms with van der Waals surface area (Å²) in [5, 5.41) is 20.0. The van der Waals surface area contributed by atoms with E-state index in [1.165, 1.54) is 0 Å².